The molecule has 8 heteroatoms. The van der Waals surface area contributed by atoms with Gasteiger partial charge in [-0.05, 0) is 24.3 Å². The van der Waals surface area contributed by atoms with Gasteiger partial charge in [0.15, 0.2) is 34.6 Å². The maximum Gasteiger partial charge on any atom is 0.201 e. The monoisotopic (exact) mass is 460 g/mol. The average molecular weight is 460 g/mol. The van der Waals surface area contributed by atoms with Crippen molar-refractivity contribution >= 4 is 11.6 Å². The van der Waals surface area contributed by atoms with Gasteiger partial charge >= 0.3 is 0 Å². The van der Waals surface area contributed by atoms with Crippen molar-refractivity contribution in [3.63, 3.8) is 0 Å². The molecule has 34 heavy (non-hydrogen) atoms. The number of carbonyl (C=O) groups is 2. The third kappa shape index (κ3) is 4.91. The highest BCUT2D eigenvalue weighted by atomic mass is 16.3. The van der Waals surface area contributed by atoms with Crippen LogP contribution in [0.2, 0.25) is 0 Å². The summed E-state index contributed by atoms with van der Waals surface area (Å²) >= 11 is 0. The van der Waals surface area contributed by atoms with Crippen LogP contribution in [0, 0.1) is 0 Å². The van der Waals surface area contributed by atoms with Crippen LogP contribution in [0.5, 0.6) is 34.5 Å². The van der Waals surface area contributed by atoms with Crippen LogP contribution >= 0.6 is 0 Å². The zero-order valence-electron chi connectivity index (χ0n) is 17.6. The number of benzene rings is 4. The van der Waals surface area contributed by atoms with Crippen LogP contribution in [0.25, 0.3) is 0 Å². The van der Waals surface area contributed by atoms with Crippen molar-refractivity contribution in [2.45, 2.75) is 0 Å². The van der Waals surface area contributed by atoms with Gasteiger partial charge in [0.2, 0.25) is 11.5 Å². The molecule has 0 spiro atoms. The summed E-state index contributed by atoms with van der Waals surface area (Å²) in [5.74, 6) is -4.37. The van der Waals surface area contributed by atoms with E-state index in [2.05, 4.69) is 0 Å². The van der Waals surface area contributed by atoms with Crippen molar-refractivity contribution in [2.24, 2.45) is 0 Å². The molecule has 0 aliphatic rings. The zero-order valence-corrected chi connectivity index (χ0v) is 17.6. The second-order valence-corrected chi connectivity index (χ2v) is 7.05. The fraction of sp³-hybridized carbons (Fsp3) is 0. The second-order valence-electron chi connectivity index (χ2n) is 7.05. The summed E-state index contributed by atoms with van der Waals surface area (Å²) in [5.41, 5.74) is 0.693. The number of hydrogen-bond acceptors (Lipinski definition) is 8. The van der Waals surface area contributed by atoms with Gasteiger partial charge in [-0.1, -0.05) is 60.7 Å². The molecule has 6 N–H and O–H groups in total. The number of aromatic hydroxyl groups is 6. The van der Waals surface area contributed by atoms with E-state index in [-0.39, 0.29) is 11.1 Å². The van der Waals surface area contributed by atoms with Crippen molar-refractivity contribution in [3.05, 3.63) is 107 Å². The molecular weight excluding hydrogens is 440 g/mol. The van der Waals surface area contributed by atoms with Gasteiger partial charge in [-0.3, -0.25) is 9.59 Å². The summed E-state index contributed by atoms with van der Waals surface area (Å²) in [5, 5.41) is 56.1. The average Bonchev–Trinajstić information content (AvgIpc) is 2.87. The zero-order chi connectivity index (χ0) is 24.8. The molecule has 0 aliphatic heterocycles. The van der Waals surface area contributed by atoms with Crippen LogP contribution in [0.3, 0.4) is 0 Å². The first-order valence-corrected chi connectivity index (χ1v) is 9.89. The molecule has 0 fully saturated rings. The third-order valence-corrected chi connectivity index (χ3v) is 4.82. The molecule has 0 saturated carbocycles. The lowest BCUT2D eigenvalue weighted by atomic mass is 10.0. The number of carbonyl (C=O) groups excluding carboxylic acids is 2. The highest BCUT2D eigenvalue weighted by molar-refractivity contribution is 6.11. The molecular formula is C26H20O8. The number of hydrogen-bond donors (Lipinski definition) is 6. The van der Waals surface area contributed by atoms with E-state index in [1.807, 2.05) is 0 Å². The molecule has 8 nitrogen and oxygen atoms in total. The van der Waals surface area contributed by atoms with E-state index in [0.29, 0.717) is 11.1 Å². The van der Waals surface area contributed by atoms with Crippen molar-refractivity contribution in [3.8, 4) is 34.5 Å². The summed E-state index contributed by atoms with van der Waals surface area (Å²) in [6, 6.07) is 21.6. The van der Waals surface area contributed by atoms with Crippen LogP contribution in [-0.4, -0.2) is 42.2 Å². The van der Waals surface area contributed by atoms with Gasteiger partial charge < -0.3 is 30.6 Å². The first-order chi connectivity index (χ1) is 16.2. The Labute approximate surface area is 193 Å². The topological polar surface area (TPSA) is 156 Å². The van der Waals surface area contributed by atoms with Crippen LogP contribution in [0.15, 0.2) is 84.9 Å². The first-order valence-electron chi connectivity index (χ1n) is 9.89. The fourth-order valence-electron chi connectivity index (χ4n) is 2.99. The van der Waals surface area contributed by atoms with Crippen molar-refractivity contribution in [2.75, 3.05) is 0 Å². The maximum absolute atomic E-state index is 12.0. The van der Waals surface area contributed by atoms with Gasteiger partial charge in [-0.25, -0.2) is 0 Å². The summed E-state index contributed by atoms with van der Waals surface area (Å²) < 4.78 is 0. The van der Waals surface area contributed by atoms with E-state index in [0.717, 1.165) is 12.1 Å². The number of ketones is 2. The Morgan fingerprint density at radius 2 is 0.735 bits per heavy atom. The molecule has 4 aromatic rings. The van der Waals surface area contributed by atoms with Crippen molar-refractivity contribution in [1.29, 1.82) is 0 Å². The van der Waals surface area contributed by atoms with E-state index in [1.165, 1.54) is 12.1 Å². The molecule has 0 bridgehead atoms. The Morgan fingerprint density at radius 1 is 0.412 bits per heavy atom. The predicted octanol–water partition coefficient (Wildman–Crippen LogP) is 4.07. The Bertz CT molecular complexity index is 1230. The standard InChI is InChI=1S/2C13H10O4/c2*14-10-7-6-9(12(16)13(10)17)11(15)8-4-2-1-3-5-8/h2*1-7,14,16-17H. The fourth-order valence-corrected chi connectivity index (χ4v) is 2.99. The molecule has 0 aromatic heterocycles. The van der Waals surface area contributed by atoms with E-state index in [9.17, 15) is 30.0 Å². The van der Waals surface area contributed by atoms with E-state index in [1.54, 1.807) is 60.7 Å². The summed E-state index contributed by atoms with van der Waals surface area (Å²) in [4.78, 5) is 24.0. The van der Waals surface area contributed by atoms with E-state index < -0.39 is 46.1 Å². The van der Waals surface area contributed by atoms with Gasteiger partial charge in [0.25, 0.3) is 0 Å². The molecule has 172 valence electrons. The number of rotatable bonds is 4. The highest BCUT2D eigenvalue weighted by Crippen LogP contribution is 2.38. The molecule has 4 rings (SSSR count). The lowest BCUT2D eigenvalue weighted by Gasteiger charge is -2.06. The molecule has 0 heterocycles. The second kappa shape index (κ2) is 10.1. The maximum atomic E-state index is 12.0. The third-order valence-electron chi connectivity index (χ3n) is 4.82. The minimum atomic E-state index is -0.688. The highest BCUT2D eigenvalue weighted by Gasteiger charge is 2.19. The molecule has 0 unspecified atom stereocenters. The number of phenols is 6. The van der Waals surface area contributed by atoms with Crippen molar-refractivity contribution in [1.82, 2.24) is 0 Å². The smallest absolute Gasteiger partial charge is 0.201 e. The van der Waals surface area contributed by atoms with Crippen LogP contribution < -0.4 is 0 Å². The summed E-state index contributed by atoms with van der Waals surface area (Å²) in [6.07, 6.45) is 0. The Kier molecular flexibility index (Phi) is 7.03. The molecule has 0 saturated heterocycles. The van der Waals surface area contributed by atoms with E-state index in [4.69, 9.17) is 10.2 Å². The van der Waals surface area contributed by atoms with Gasteiger partial charge in [-0.15, -0.1) is 0 Å². The lowest BCUT2D eigenvalue weighted by molar-refractivity contribution is 0.102. The van der Waals surface area contributed by atoms with Crippen LogP contribution in [0.4, 0.5) is 0 Å². The van der Waals surface area contributed by atoms with Gasteiger partial charge in [0.05, 0.1) is 11.1 Å². The minimum absolute atomic E-state index is 0.0495. The summed E-state index contributed by atoms with van der Waals surface area (Å²) in [7, 11) is 0. The first kappa shape index (κ1) is 23.7. The molecule has 0 aliphatic carbocycles. The van der Waals surface area contributed by atoms with Crippen LogP contribution in [-0.2, 0) is 0 Å². The lowest BCUT2D eigenvalue weighted by Crippen LogP contribution is -2.01. The quantitative estimate of drug-likeness (QED) is 0.197. The molecule has 4 aromatic carbocycles. The van der Waals surface area contributed by atoms with Gasteiger partial charge in [0, 0.05) is 11.1 Å². The Morgan fingerprint density at radius 3 is 1.06 bits per heavy atom. The normalized spacial score (nSPS) is 10.1. The predicted molar refractivity (Wildman–Crippen MR) is 123 cm³/mol. The molecule has 0 radical (unpaired) electrons. The molecule has 0 amide bonds. The van der Waals surface area contributed by atoms with Gasteiger partial charge in [0.1, 0.15) is 0 Å². The van der Waals surface area contributed by atoms with Crippen molar-refractivity contribution < 1.29 is 40.2 Å². The largest absolute Gasteiger partial charge is 0.504 e. The SMILES string of the molecule is O=C(c1ccccc1)c1ccc(O)c(O)c1O.O=C(c1ccccc1)c1ccc(O)c(O)c1O. The Hall–Kier alpha value is -4.98. The molecule has 0 atom stereocenters. The van der Waals surface area contributed by atoms with Gasteiger partial charge in [-0.2, -0.15) is 0 Å². The Balaban J connectivity index is 0.000000191. The summed E-state index contributed by atoms with van der Waals surface area (Å²) in [6.45, 7) is 0. The number of phenolic OH excluding ortho intramolecular Hbond substituents is 6. The van der Waals surface area contributed by atoms with E-state index >= 15 is 0 Å². The van der Waals surface area contributed by atoms with Crippen LogP contribution in [0.1, 0.15) is 31.8 Å². The minimum Gasteiger partial charge on any atom is -0.504 e.